The van der Waals surface area contributed by atoms with E-state index >= 15 is 0 Å². The van der Waals surface area contributed by atoms with Crippen molar-refractivity contribution in [3.63, 3.8) is 0 Å². The summed E-state index contributed by atoms with van der Waals surface area (Å²) in [4.78, 5) is 12.7. The second kappa shape index (κ2) is 15.1. The van der Waals surface area contributed by atoms with E-state index in [2.05, 4.69) is 57.0 Å². The zero-order chi connectivity index (χ0) is 32.8. The van der Waals surface area contributed by atoms with Crippen LogP contribution in [0, 0.1) is 13.8 Å². The largest absolute Gasteiger partial charge is 0.490 e. The molecule has 0 atom stereocenters. The number of rotatable bonds is 12. The number of carbonyl (C=O) groups excluding carboxylic acids is 1. The number of furan rings is 1. The van der Waals surface area contributed by atoms with Crippen molar-refractivity contribution < 1.29 is 23.4 Å². The maximum Gasteiger partial charge on any atom is 0.307 e. The minimum Gasteiger partial charge on any atom is -0.490 e. The number of aromatic nitrogens is 1. The lowest BCUT2D eigenvalue weighted by Gasteiger charge is -2.16. The summed E-state index contributed by atoms with van der Waals surface area (Å²) in [5, 5.41) is 5.23. The van der Waals surface area contributed by atoms with Gasteiger partial charge in [-0.1, -0.05) is 40.9 Å². The number of nitrogens with one attached hydrogen (secondary N) is 1. The molecule has 12 heteroatoms. The van der Waals surface area contributed by atoms with E-state index in [1.54, 1.807) is 30.3 Å². The molecule has 2 heterocycles. The van der Waals surface area contributed by atoms with Gasteiger partial charge in [0.25, 0.3) is 0 Å². The Kier molecular flexibility index (Phi) is 11.0. The summed E-state index contributed by atoms with van der Waals surface area (Å²) in [7, 11) is 0. The van der Waals surface area contributed by atoms with Crippen LogP contribution in [0.3, 0.4) is 0 Å². The maximum absolute atomic E-state index is 12.7. The molecule has 46 heavy (non-hydrogen) atoms. The number of benzene rings is 3. The summed E-state index contributed by atoms with van der Waals surface area (Å²) in [5.74, 6) is 1.47. The summed E-state index contributed by atoms with van der Waals surface area (Å²) >= 11 is 22.3. The molecule has 2 aromatic heterocycles. The lowest BCUT2D eigenvalue weighted by molar-refractivity contribution is 0.0923. The lowest BCUT2D eigenvalue weighted by atomic mass is 10.2. The number of amides is 1. The van der Waals surface area contributed by atoms with Gasteiger partial charge < -0.3 is 23.2 Å². The van der Waals surface area contributed by atoms with Gasteiger partial charge in [0.05, 0.1) is 22.9 Å². The van der Waals surface area contributed by atoms with Crippen molar-refractivity contribution >= 4 is 62.9 Å². The molecule has 1 amide bonds. The highest BCUT2D eigenvalue weighted by molar-refractivity contribution is 9.10. The van der Waals surface area contributed by atoms with Crippen LogP contribution in [0.4, 0.5) is 0 Å². The van der Waals surface area contributed by atoms with Crippen molar-refractivity contribution in [1.82, 2.24) is 9.99 Å². The third-order valence-corrected chi connectivity index (χ3v) is 9.01. The van der Waals surface area contributed by atoms with Crippen LogP contribution in [0.2, 0.25) is 15.1 Å². The first-order chi connectivity index (χ1) is 22.1. The van der Waals surface area contributed by atoms with Crippen LogP contribution < -0.4 is 19.6 Å². The first-order valence-corrected chi connectivity index (χ1v) is 16.1. The molecular weight excluding hydrogens is 717 g/mol. The van der Waals surface area contributed by atoms with E-state index in [1.165, 1.54) is 6.21 Å². The van der Waals surface area contributed by atoms with Gasteiger partial charge in [-0.3, -0.25) is 4.79 Å². The van der Waals surface area contributed by atoms with Crippen molar-refractivity contribution in [2.75, 3.05) is 6.61 Å². The molecule has 0 unspecified atom stereocenters. The predicted molar refractivity (Wildman–Crippen MR) is 184 cm³/mol. The Bertz CT molecular complexity index is 1870. The lowest BCUT2D eigenvalue weighted by Crippen LogP contribution is -2.16. The van der Waals surface area contributed by atoms with Crippen LogP contribution in [0.15, 0.2) is 86.8 Å². The monoisotopic (exact) mass is 743 g/mol. The summed E-state index contributed by atoms with van der Waals surface area (Å²) in [6, 6.07) is 22.1. The van der Waals surface area contributed by atoms with Crippen molar-refractivity contribution in [3.8, 4) is 22.9 Å². The van der Waals surface area contributed by atoms with Crippen molar-refractivity contribution in [3.05, 3.63) is 126 Å². The van der Waals surface area contributed by atoms with Gasteiger partial charge in [0.1, 0.15) is 29.7 Å². The van der Waals surface area contributed by atoms with Gasteiger partial charge in [0.15, 0.2) is 17.3 Å². The molecule has 5 rings (SSSR count). The fourth-order valence-electron chi connectivity index (χ4n) is 4.60. The Hall–Kier alpha value is -3.89. The average molecular weight is 746 g/mol. The fraction of sp³-hybridized carbons (Fsp3) is 0.176. The summed E-state index contributed by atoms with van der Waals surface area (Å²) in [5.41, 5.74) is 7.19. The minimum absolute atomic E-state index is 0.0859. The molecule has 1 N–H and O–H groups in total. The van der Waals surface area contributed by atoms with E-state index in [0.717, 1.165) is 22.6 Å². The highest BCUT2D eigenvalue weighted by Gasteiger charge is 2.18. The van der Waals surface area contributed by atoms with Gasteiger partial charge in [0, 0.05) is 27.1 Å². The van der Waals surface area contributed by atoms with E-state index in [-0.39, 0.29) is 24.0 Å². The molecule has 0 spiro atoms. The molecule has 0 saturated heterocycles. The maximum atomic E-state index is 12.7. The van der Waals surface area contributed by atoms with Crippen molar-refractivity contribution in [1.29, 1.82) is 0 Å². The second-order valence-electron chi connectivity index (χ2n) is 10.1. The van der Waals surface area contributed by atoms with Gasteiger partial charge in [-0.25, -0.2) is 5.43 Å². The van der Waals surface area contributed by atoms with Crippen molar-refractivity contribution in [2.45, 2.75) is 34.0 Å². The van der Waals surface area contributed by atoms with Crippen molar-refractivity contribution in [2.24, 2.45) is 5.10 Å². The SMILES string of the molecule is CCOc1cc(/C=N/NC(=O)c2ccc(COc3ccc(-n4c(C)ccc4C)cc3)o2)c(Br)c(Cl)c1OCc1ccc(Cl)c(Cl)c1. The fourth-order valence-corrected chi connectivity index (χ4v) is 5.57. The van der Waals surface area contributed by atoms with Crippen LogP contribution in [-0.2, 0) is 13.2 Å². The summed E-state index contributed by atoms with van der Waals surface area (Å²) in [6.45, 7) is 6.69. The number of nitrogens with zero attached hydrogens (tertiary/aromatic N) is 2. The minimum atomic E-state index is -0.529. The van der Waals surface area contributed by atoms with E-state index in [0.29, 0.717) is 49.7 Å². The first kappa shape index (κ1) is 33.5. The third kappa shape index (κ3) is 7.90. The van der Waals surface area contributed by atoms with E-state index < -0.39 is 5.91 Å². The highest BCUT2D eigenvalue weighted by atomic mass is 79.9. The highest BCUT2D eigenvalue weighted by Crippen LogP contribution is 2.43. The second-order valence-corrected chi connectivity index (χ2v) is 12.1. The molecule has 0 radical (unpaired) electrons. The summed E-state index contributed by atoms with van der Waals surface area (Å²) < 4.78 is 26.0. The predicted octanol–water partition coefficient (Wildman–Crippen LogP) is 9.73. The first-order valence-electron chi connectivity index (χ1n) is 14.2. The smallest absolute Gasteiger partial charge is 0.307 e. The van der Waals surface area contributed by atoms with Crippen LogP contribution >= 0.6 is 50.7 Å². The third-order valence-electron chi connectivity index (χ3n) is 6.83. The zero-order valence-electron chi connectivity index (χ0n) is 25.1. The van der Waals surface area contributed by atoms with Crippen LogP contribution in [0.1, 0.15) is 45.8 Å². The molecule has 0 aliphatic carbocycles. The molecule has 5 aromatic rings. The number of carbonyl (C=O) groups is 1. The van der Waals surface area contributed by atoms with Gasteiger partial charge in [-0.2, -0.15) is 5.10 Å². The van der Waals surface area contributed by atoms with Gasteiger partial charge in [0.2, 0.25) is 0 Å². The number of aryl methyl sites for hydroxylation is 2. The van der Waals surface area contributed by atoms with Gasteiger partial charge in [-0.15, -0.1) is 0 Å². The van der Waals surface area contributed by atoms with Gasteiger partial charge in [-0.05, 0) is 109 Å². The Labute approximate surface area is 289 Å². The normalized spacial score (nSPS) is 11.2. The number of hydrazone groups is 1. The number of ether oxygens (including phenoxy) is 3. The Morgan fingerprint density at radius 2 is 1.65 bits per heavy atom. The Morgan fingerprint density at radius 3 is 2.35 bits per heavy atom. The molecule has 0 saturated carbocycles. The quantitative estimate of drug-likeness (QED) is 0.102. The molecule has 8 nitrogen and oxygen atoms in total. The molecule has 0 aliphatic heterocycles. The Balaban J connectivity index is 1.19. The van der Waals surface area contributed by atoms with Crippen LogP contribution in [0.5, 0.6) is 17.2 Å². The molecular formula is C34H29BrCl3N3O5. The van der Waals surface area contributed by atoms with Crippen LogP contribution in [-0.4, -0.2) is 23.3 Å². The average Bonchev–Trinajstić information content (AvgIpc) is 3.66. The van der Waals surface area contributed by atoms with E-state index in [1.807, 2.05) is 37.3 Å². The molecule has 0 bridgehead atoms. The van der Waals surface area contributed by atoms with Gasteiger partial charge >= 0.3 is 5.91 Å². The molecule has 238 valence electrons. The number of halogens is 4. The molecule has 0 aliphatic rings. The standard InChI is InChI=1S/C34H29BrCl3N3O5/c1-4-43-30-16-23(31(35)32(38)33(30)45-18-22-7-13-27(36)28(37)15-22)17-39-40-34(42)29-14-12-26(46-29)19-44-25-10-8-24(9-11-25)41-20(2)5-6-21(41)3/h5-17H,4,18-19H2,1-3H3,(H,40,42)/b39-17+. The van der Waals surface area contributed by atoms with E-state index in [9.17, 15) is 4.79 Å². The molecule has 3 aromatic carbocycles. The van der Waals surface area contributed by atoms with E-state index in [4.69, 9.17) is 53.4 Å². The Morgan fingerprint density at radius 1 is 0.913 bits per heavy atom. The molecule has 0 fully saturated rings. The number of hydrogen-bond acceptors (Lipinski definition) is 6. The summed E-state index contributed by atoms with van der Waals surface area (Å²) in [6.07, 6.45) is 1.44. The topological polar surface area (TPSA) is 87.2 Å². The zero-order valence-corrected chi connectivity index (χ0v) is 28.9. The number of hydrogen-bond donors (Lipinski definition) is 1. The van der Waals surface area contributed by atoms with Crippen LogP contribution in [0.25, 0.3) is 5.69 Å².